The fourth-order valence-electron chi connectivity index (χ4n) is 5.39. The molecule has 300 valence electrons. The predicted octanol–water partition coefficient (Wildman–Crippen LogP) is 10.2. The van der Waals surface area contributed by atoms with Gasteiger partial charge in [0.1, 0.15) is 12.7 Å². The summed E-state index contributed by atoms with van der Waals surface area (Å²) in [5.41, 5.74) is 0. The number of phosphoric acid groups is 1. The quantitative estimate of drug-likeness (QED) is 0.0241. The summed E-state index contributed by atoms with van der Waals surface area (Å²) in [7, 11) is -4.61. The molecule has 0 fully saturated rings. The fourth-order valence-corrected chi connectivity index (χ4v) is 6.18. The Morgan fingerprint density at radius 2 is 0.961 bits per heavy atom. The molecule has 0 aromatic carbocycles. The summed E-state index contributed by atoms with van der Waals surface area (Å²) in [6, 6.07) is 0. The Labute approximate surface area is 310 Å². The standard InChI is InChI=1S/C40H75O10P/c1-3-5-7-9-11-13-15-17-18-20-22-24-26-28-30-32-40(44)50-38(36-49-51(45,46)48-34-37(42)33-41)35-47-39(43)31-29-27-25-23-21-19-16-14-12-10-8-6-4-2/h14,16-18,37-38,41-42H,3-13,15,19-36H2,1-2H3,(H,45,46)/b16-14-,18-17-/t37-,38-/m1/s1. The molecule has 11 heteroatoms. The number of allylic oxidation sites excluding steroid dienone is 4. The van der Waals surface area contributed by atoms with E-state index in [0.717, 1.165) is 77.0 Å². The molecule has 3 N–H and O–H groups in total. The molecule has 0 bridgehead atoms. The van der Waals surface area contributed by atoms with Crippen LogP contribution >= 0.6 is 7.82 Å². The summed E-state index contributed by atoms with van der Waals surface area (Å²) in [4.78, 5) is 34.9. The van der Waals surface area contributed by atoms with Gasteiger partial charge in [0.25, 0.3) is 0 Å². The molecule has 0 rings (SSSR count). The molecule has 0 aromatic heterocycles. The van der Waals surface area contributed by atoms with E-state index in [1.165, 1.54) is 64.2 Å². The van der Waals surface area contributed by atoms with E-state index >= 15 is 0 Å². The first-order valence-corrected chi connectivity index (χ1v) is 21.8. The molecule has 0 amide bonds. The summed E-state index contributed by atoms with van der Waals surface area (Å²) >= 11 is 0. The number of rotatable bonds is 38. The molecule has 0 aliphatic heterocycles. The number of aliphatic hydroxyl groups excluding tert-OH is 2. The van der Waals surface area contributed by atoms with E-state index in [1.54, 1.807) is 0 Å². The van der Waals surface area contributed by atoms with Crippen LogP contribution in [0, 0.1) is 0 Å². The van der Waals surface area contributed by atoms with E-state index in [4.69, 9.17) is 19.1 Å². The van der Waals surface area contributed by atoms with Crippen molar-refractivity contribution in [2.45, 2.75) is 193 Å². The molecule has 51 heavy (non-hydrogen) atoms. The summed E-state index contributed by atoms with van der Waals surface area (Å²) in [5, 5.41) is 18.3. The van der Waals surface area contributed by atoms with Crippen LogP contribution in [0.15, 0.2) is 24.3 Å². The smallest absolute Gasteiger partial charge is 0.462 e. The maximum atomic E-state index is 12.6. The number of hydrogen-bond donors (Lipinski definition) is 3. The van der Waals surface area contributed by atoms with Gasteiger partial charge in [-0.15, -0.1) is 0 Å². The van der Waals surface area contributed by atoms with Crippen LogP contribution in [-0.2, 0) is 32.7 Å². The number of carbonyl (C=O) groups excluding carboxylic acids is 2. The zero-order chi connectivity index (χ0) is 37.7. The van der Waals surface area contributed by atoms with Crippen molar-refractivity contribution in [1.29, 1.82) is 0 Å². The van der Waals surface area contributed by atoms with Crippen molar-refractivity contribution in [2.24, 2.45) is 0 Å². The number of esters is 2. The first kappa shape index (κ1) is 49.5. The first-order chi connectivity index (χ1) is 24.7. The van der Waals surface area contributed by atoms with E-state index < -0.39 is 51.8 Å². The van der Waals surface area contributed by atoms with Crippen LogP contribution in [0.5, 0.6) is 0 Å². The maximum Gasteiger partial charge on any atom is 0.472 e. The molecule has 0 radical (unpaired) electrons. The average Bonchev–Trinajstić information content (AvgIpc) is 3.12. The highest BCUT2D eigenvalue weighted by atomic mass is 31.2. The Morgan fingerprint density at radius 3 is 1.43 bits per heavy atom. The van der Waals surface area contributed by atoms with Gasteiger partial charge in [-0.05, 0) is 64.2 Å². The SMILES string of the molecule is CCCCCC/C=C\CCCCCCCC(=O)OC[C@H](COP(=O)(O)OC[C@H](O)CO)OC(=O)CCCCCCC/C=C\CCCCCCCC. The lowest BCUT2D eigenvalue weighted by Crippen LogP contribution is -2.29. The Hall–Kier alpha value is -1.55. The van der Waals surface area contributed by atoms with Gasteiger partial charge in [-0.2, -0.15) is 0 Å². The summed E-state index contributed by atoms with van der Waals surface area (Å²) in [5.74, 6) is -0.943. The van der Waals surface area contributed by atoms with E-state index in [9.17, 15) is 24.2 Å². The lowest BCUT2D eigenvalue weighted by Gasteiger charge is -2.20. The van der Waals surface area contributed by atoms with Crippen molar-refractivity contribution in [3.8, 4) is 0 Å². The van der Waals surface area contributed by atoms with Crippen molar-refractivity contribution < 1.29 is 47.8 Å². The third kappa shape index (κ3) is 36.6. The molecule has 3 atom stereocenters. The Balaban J connectivity index is 4.36. The van der Waals surface area contributed by atoms with Gasteiger partial charge < -0.3 is 24.6 Å². The van der Waals surface area contributed by atoms with Crippen molar-refractivity contribution in [1.82, 2.24) is 0 Å². The minimum absolute atomic E-state index is 0.174. The normalized spacial score (nSPS) is 14.2. The van der Waals surface area contributed by atoms with Gasteiger partial charge >= 0.3 is 19.8 Å². The lowest BCUT2D eigenvalue weighted by atomic mass is 10.1. The van der Waals surface area contributed by atoms with Crippen molar-refractivity contribution in [2.75, 3.05) is 26.4 Å². The van der Waals surface area contributed by atoms with Crippen LogP contribution in [0.3, 0.4) is 0 Å². The molecular formula is C40H75O10P. The summed E-state index contributed by atoms with van der Waals surface area (Å²) in [6.07, 6.45) is 34.3. The van der Waals surface area contributed by atoms with Gasteiger partial charge in [0, 0.05) is 12.8 Å². The Kier molecular flexibility index (Phi) is 35.7. The Bertz CT molecular complexity index is 910. The number of phosphoric ester groups is 1. The number of aliphatic hydroxyl groups is 2. The third-order valence-electron chi connectivity index (χ3n) is 8.58. The van der Waals surface area contributed by atoms with Crippen LogP contribution < -0.4 is 0 Å². The molecular weight excluding hydrogens is 671 g/mol. The van der Waals surface area contributed by atoms with Gasteiger partial charge in [0.05, 0.1) is 19.8 Å². The summed E-state index contributed by atoms with van der Waals surface area (Å²) < 4.78 is 32.6. The number of ether oxygens (including phenoxy) is 2. The molecule has 1 unspecified atom stereocenters. The van der Waals surface area contributed by atoms with Crippen LogP contribution in [0.1, 0.15) is 181 Å². The minimum atomic E-state index is -4.61. The molecule has 0 aromatic rings. The zero-order valence-electron chi connectivity index (χ0n) is 32.3. The lowest BCUT2D eigenvalue weighted by molar-refractivity contribution is -0.161. The maximum absolute atomic E-state index is 12.6. The fraction of sp³-hybridized carbons (Fsp3) is 0.850. The molecule has 0 aliphatic carbocycles. The molecule has 0 aliphatic rings. The topological polar surface area (TPSA) is 149 Å². The van der Waals surface area contributed by atoms with Crippen molar-refractivity contribution in [3.05, 3.63) is 24.3 Å². The van der Waals surface area contributed by atoms with Crippen LogP contribution in [-0.4, -0.2) is 65.7 Å². The van der Waals surface area contributed by atoms with Crippen molar-refractivity contribution in [3.63, 3.8) is 0 Å². The number of unbranched alkanes of at least 4 members (excludes halogenated alkanes) is 20. The van der Waals surface area contributed by atoms with Crippen LogP contribution in [0.25, 0.3) is 0 Å². The number of hydrogen-bond acceptors (Lipinski definition) is 9. The second-order valence-corrected chi connectivity index (χ2v) is 15.1. The zero-order valence-corrected chi connectivity index (χ0v) is 33.2. The predicted molar refractivity (Wildman–Crippen MR) is 205 cm³/mol. The van der Waals surface area contributed by atoms with E-state index in [-0.39, 0.29) is 19.4 Å². The van der Waals surface area contributed by atoms with Crippen LogP contribution in [0.2, 0.25) is 0 Å². The van der Waals surface area contributed by atoms with Crippen LogP contribution in [0.4, 0.5) is 0 Å². The van der Waals surface area contributed by atoms with Gasteiger partial charge in [0.2, 0.25) is 0 Å². The second-order valence-electron chi connectivity index (χ2n) is 13.7. The van der Waals surface area contributed by atoms with Gasteiger partial charge in [-0.25, -0.2) is 4.57 Å². The highest BCUT2D eigenvalue weighted by molar-refractivity contribution is 7.47. The third-order valence-corrected chi connectivity index (χ3v) is 9.53. The van der Waals surface area contributed by atoms with Gasteiger partial charge in [-0.3, -0.25) is 18.6 Å². The first-order valence-electron chi connectivity index (χ1n) is 20.3. The molecule has 0 saturated carbocycles. The molecule has 0 saturated heterocycles. The average molecular weight is 747 g/mol. The second kappa shape index (κ2) is 36.8. The van der Waals surface area contributed by atoms with E-state index in [0.29, 0.717) is 12.8 Å². The molecule has 0 spiro atoms. The largest absolute Gasteiger partial charge is 0.472 e. The highest BCUT2D eigenvalue weighted by Gasteiger charge is 2.27. The highest BCUT2D eigenvalue weighted by Crippen LogP contribution is 2.43. The van der Waals surface area contributed by atoms with E-state index in [1.807, 2.05) is 0 Å². The van der Waals surface area contributed by atoms with Gasteiger partial charge in [-0.1, -0.05) is 128 Å². The Morgan fingerprint density at radius 1 is 0.569 bits per heavy atom. The summed E-state index contributed by atoms with van der Waals surface area (Å²) in [6.45, 7) is 2.34. The molecule has 10 nitrogen and oxygen atoms in total. The molecule has 0 heterocycles. The minimum Gasteiger partial charge on any atom is -0.462 e. The van der Waals surface area contributed by atoms with Crippen molar-refractivity contribution >= 4 is 19.8 Å². The monoisotopic (exact) mass is 747 g/mol. The number of carbonyl (C=O) groups is 2. The van der Waals surface area contributed by atoms with E-state index in [2.05, 4.69) is 42.7 Å². The van der Waals surface area contributed by atoms with Gasteiger partial charge in [0.15, 0.2) is 6.10 Å².